The smallest absolute Gasteiger partial charge is 0.287 e. The Kier molecular flexibility index (Phi) is 3.44. The van der Waals surface area contributed by atoms with Gasteiger partial charge < -0.3 is 15.0 Å². The minimum atomic E-state index is -0.821. The monoisotopic (exact) mass is 293 g/mol. The first-order chi connectivity index (χ1) is 9.98. The van der Waals surface area contributed by atoms with E-state index in [9.17, 15) is 20.0 Å². The van der Waals surface area contributed by atoms with Crippen LogP contribution in [0.4, 0.5) is 5.69 Å². The van der Waals surface area contributed by atoms with E-state index in [0.29, 0.717) is 18.5 Å². The molecule has 2 aliphatic carbocycles. The molecule has 114 valence electrons. The molecule has 0 unspecified atom stereocenters. The Labute approximate surface area is 122 Å². The van der Waals surface area contributed by atoms with Gasteiger partial charge in [-0.25, -0.2) is 0 Å². The van der Waals surface area contributed by atoms with Gasteiger partial charge in [0.2, 0.25) is 0 Å². The van der Waals surface area contributed by atoms with Gasteiger partial charge in [0.05, 0.1) is 16.7 Å². The third-order valence-corrected chi connectivity index (χ3v) is 4.33. The molecule has 1 aromatic rings. The van der Waals surface area contributed by atoms with Gasteiger partial charge in [-0.15, -0.1) is 0 Å². The third-order valence-electron chi connectivity index (χ3n) is 4.33. The molecule has 0 atom stereocenters. The van der Waals surface area contributed by atoms with Crippen LogP contribution in [0.3, 0.4) is 0 Å². The predicted molar refractivity (Wildman–Crippen MR) is 75.1 cm³/mol. The number of nitro groups is 1. The van der Waals surface area contributed by atoms with Crippen LogP contribution in [0.15, 0.2) is 12.3 Å². The number of aliphatic hydroxyl groups is 1. The van der Waals surface area contributed by atoms with Gasteiger partial charge in [0.15, 0.2) is 0 Å². The quantitative estimate of drug-likeness (QED) is 0.638. The molecule has 1 aromatic heterocycles. The number of rotatable bonds is 5. The molecule has 0 spiro atoms. The van der Waals surface area contributed by atoms with Crippen LogP contribution >= 0.6 is 0 Å². The number of carbonyl (C=O) groups is 1. The van der Waals surface area contributed by atoms with E-state index in [1.165, 1.54) is 12.3 Å². The highest BCUT2D eigenvalue weighted by atomic mass is 16.6. The maximum Gasteiger partial charge on any atom is 0.287 e. The van der Waals surface area contributed by atoms with E-state index in [1.807, 2.05) is 0 Å². The van der Waals surface area contributed by atoms with Gasteiger partial charge in [-0.3, -0.25) is 14.9 Å². The Balaban J connectivity index is 1.72. The fourth-order valence-electron chi connectivity index (χ4n) is 2.95. The Hall–Kier alpha value is -1.89. The first-order valence-corrected chi connectivity index (χ1v) is 7.35. The lowest BCUT2D eigenvalue weighted by Gasteiger charge is -2.22. The molecule has 0 saturated heterocycles. The van der Waals surface area contributed by atoms with Gasteiger partial charge in [-0.1, -0.05) is 12.8 Å². The maximum absolute atomic E-state index is 12.3. The fraction of sp³-hybridized carbons (Fsp3) is 0.643. The fourth-order valence-corrected chi connectivity index (χ4v) is 2.95. The van der Waals surface area contributed by atoms with Gasteiger partial charge in [0.1, 0.15) is 5.69 Å². The van der Waals surface area contributed by atoms with E-state index in [0.717, 1.165) is 25.7 Å². The predicted octanol–water partition coefficient (Wildman–Crippen LogP) is 1.77. The topological polar surface area (TPSA) is 97.4 Å². The minimum Gasteiger partial charge on any atom is -0.388 e. The highest BCUT2D eigenvalue weighted by Gasteiger charge is 2.33. The normalized spacial score (nSPS) is 20.4. The van der Waals surface area contributed by atoms with Crippen LogP contribution in [0.2, 0.25) is 0 Å². The number of carbonyl (C=O) groups excluding carboxylic acids is 1. The van der Waals surface area contributed by atoms with E-state index in [-0.39, 0.29) is 24.2 Å². The van der Waals surface area contributed by atoms with Crippen LogP contribution in [0, 0.1) is 10.1 Å². The lowest BCUT2D eigenvalue weighted by molar-refractivity contribution is -0.384. The van der Waals surface area contributed by atoms with E-state index in [1.54, 1.807) is 4.57 Å². The third kappa shape index (κ3) is 2.92. The molecule has 7 nitrogen and oxygen atoms in total. The molecule has 0 radical (unpaired) electrons. The zero-order valence-corrected chi connectivity index (χ0v) is 11.7. The molecule has 21 heavy (non-hydrogen) atoms. The van der Waals surface area contributed by atoms with Crippen LogP contribution in [0.5, 0.6) is 0 Å². The second-order valence-corrected chi connectivity index (χ2v) is 6.09. The Bertz CT molecular complexity index is 571. The molecule has 7 heteroatoms. The summed E-state index contributed by atoms with van der Waals surface area (Å²) in [5.41, 5.74) is -0.573. The summed E-state index contributed by atoms with van der Waals surface area (Å²) < 4.78 is 1.69. The van der Waals surface area contributed by atoms with Crippen molar-refractivity contribution in [3.8, 4) is 0 Å². The summed E-state index contributed by atoms with van der Waals surface area (Å²) in [4.78, 5) is 22.7. The Morgan fingerprint density at radius 3 is 2.71 bits per heavy atom. The summed E-state index contributed by atoms with van der Waals surface area (Å²) in [6.45, 7) is 0.204. The molecule has 3 rings (SSSR count). The second kappa shape index (κ2) is 5.14. The molecule has 0 aliphatic heterocycles. The maximum atomic E-state index is 12.3. The van der Waals surface area contributed by atoms with E-state index < -0.39 is 10.5 Å². The zero-order chi connectivity index (χ0) is 15.0. The zero-order valence-electron chi connectivity index (χ0n) is 11.7. The number of hydrogen-bond donors (Lipinski definition) is 2. The number of amides is 1. The summed E-state index contributed by atoms with van der Waals surface area (Å²) in [6, 6.07) is 1.50. The molecule has 2 N–H and O–H groups in total. The van der Waals surface area contributed by atoms with Crippen molar-refractivity contribution in [1.29, 1.82) is 0 Å². The standard InChI is InChI=1S/C14H19N3O4/c18-13(15-9-14(19)5-1-2-6-14)12-7-11(17(20)21)8-16(12)10-3-4-10/h7-8,10,19H,1-6,9H2,(H,15,18). The first kappa shape index (κ1) is 14.1. The van der Waals surface area contributed by atoms with Crippen LogP contribution in [0.1, 0.15) is 55.1 Å². The van der Waals surface area contributed by atoms with Gasteiger partial charge >= 0.3 is 0 Å². The van der Waals surface area contributed by atoms with Crippen molar-refractivity contribution in [3.05, 3.63) is 28.1 Å². The molecular formula is C14H19N3O4. The molecule has 0 bridgehead atoms. The van der Waals surface area contributed by atoms with Gasteiger partial charge in [-0.2, -0.15) is 0 Å². The SMILES string of the molecule is O=C(NCC1(O)CCCC1)c1cc([N+](=O)[O-])cn1C1CC1. The lowest BCUT2D eigenvalue weighted by Crippen LogP contribution is -2.41. The van der Waals surface area contributed by atoms with E-state index >= 15 is 0 Å². The number of hydrogen-bond acceptors (Lipinski definition) is 4. The van der Waals surface area contributed by atoms with Crippen LogP contribution in [0.25, 0.3) is 0 Å². The number of aromatic nitrogens is 1. The average molecular weight is 293 g/mol. The van der Waals surface area contributed by atoms with Crippen LogP contribution in [-0.4, -0.2) is 32.6 Å². The molecule has 1 heterocycles. The van der Waals surface area contributed by atoms with Crippen molar-refractivity contribution >= 4 is 11.6 Å². The van der Waals surface area contributed by atoms with Crippen molar-refractivity contribution in [1.82, 2.24) is 9.88 Å². The second-order valence-electron chi connectivity index (χ2n) is 6.09. The Morgan fingerprint density at radius 1 is 1.48 bits per heavy atom. The highest BCUT2D eigenvalue weighted by molar-refractivity contribution is 5.93. The van der Waals surface area contributed by atoms with Crippen LogP contribution < -0.4 is 5.32 Å². The minimum absolute atomic E-state index is 0.0633. The van der Waals surface area contributed by atoms with Gasteiger partial charge in [0.25, 0.3) is 11.6 Å². The average Bonchev–Trinajstić information content (AvgIpc) is 3.04. The molecule has 2 aliphatic rings. The number of nitrogens with zero attached hydrogens (tertiary/aromatic N) is 2. The summed E-state index contributed by atoms with van der Waals surface area (Å²) in [5, 5.41) is 23.8. The van der Waals surface area contributed by atoms with Gasteiger partial charge in [0, 0.05) is 18.7 Å². The van der Waals surface area contributed by atoms with Gasteiger partial charge in [-0.05, 0) is 25.7 Å². The summed E-state index contributed by atoms with van der Waals surface area (Å²) in [5.74, 6) is -0.352. The van der Waals surface area contributed by atoms with E-state index in [4.69, 9.17) is 0 Å². The highest BCUT2D eigenvalue weighted by Crippen LogP contribution is 2.38. The van der Waals surface area contributed by atoms with Crippen molar-refractivity contribution in [2.75, 3.05) is 6.54 Å². The van der Waals surface area contributed by atoms with Crippen molar-refractivity contribution in [2.24, 2.45) is 0 Å². The van der Waals surface area contributed by atoms with Crippen molar-refractivity contribution in [2.45, 2.75) is 50.2 Å². The molecule has 1 amide bonds. The Morgan fingerprint density at radius 2 is 2.14 bits per heavy atom. The lowest BCUT2D eigenvalue weighted by atomic mass is 10.0. The first-order valence-electron chi connectivity index (χ1n) is 7.35. The number of nitrogens with one attached hydrogen (secondary N) is 1. The van der Waals surface area contributed by atoms with E-state index in [2.05, 4.69) is 5.32 Å². The summed E-state index contributed by atoms with van der Waals surface area (Å²) >= 11 is 0. The molecular weight excluding hydrogens is 274 g/mol. The summed E-state index contributed by atoms with van der Waals surface area (Å²) in [6.07, 6.45) is 6.63. The van der Waals surface area contributed by atoms with Crippen LogP contribution in [-0.2, 0) is 0 Å². The van der Waals surface area contributed by atoms with Crippen molar-refractivity contribution < 1.29 is 14.8 Å². The largest absolute Gasteiger partial charge is 0.388 e. The summed E-state index contributed by atoms with van der Waals surface area (Å²) in [7, 11) is 0. The van der Waals surface area contributed by atoms with Crippen molar-refractivity contribution in [3.63, 3.8) is 0 Å². The molecule has 2 fully saturated rings. The molecule has 0 aromatic carbocycles. The molecule has 2 saturated carbocycles.